The first-order valence-electron chi connectivity index (χ1n) is 6.06. The van der Waals surface area contributed by atoms with E-state index in [2.05, 4.69) is 32.2 Å². The van der Waals surface area contributed by atoms with Gasteiger partial charge in [-0.25, -0.2) is 0 Å². The topological polar surface area (TPSA) is 56.2 Å². The number of anilines is 1. The molecule has 0 saturated carbocycles. The zero-order valence-electron chi connectivity index (χ0n) is 10.3. The molecule has 2 aromatic heterocycles. The molecule has 0 fully saturated rings. The van der Waals surface area contributed by atoms with E-state index in [4.69, 9.17) is 5.73 Å². The van der Waals surface area contributed by atoms with E-state index in [1.165, 1.54) is 5.56 Å². The highest BCUT2D eigenvalue weighted by molar-refractivity contribution is 9.10. The van der Waals surface area contributed by atoms with E-state index in [-0.39, 0.29) is 0 Å². The van der Waals surface area contributed by atoms with Gasteiger partial charge in [0.1, 0.15) is 5.82 Å². The lowest BCUT2D eigenvalue weighted by atomic mass is 10.1. The maximum atomic E-state index is 5.78. The van der Waals surface area contributed by atoms with Gasteiger partial charge in [-0.3, -0.25) is 4.40 Å². The standard InChI is InChI=1S/C14H13BrN4/c15-11-5-7-14-18-17-13(19(14)9-11)6-4-10-2-1-3-12(16)8-10/h1-3,5,7-9H,4,6,16H2. The fourth-order valence-corrected chi connectivity index (χ4v) is 2.42. The maximum absolute atomic E-state index is 5.78. The maximum Gasteiger partial charge on any atom is 0.160 e. The summed E-state index contributed by atoms with van der Waals surface area (Å²) >= 11 is 3.46. The Morgan fingerprint density at radius 1 is 1.11 bits per heavy atom. The van der Waals surface area contributed by atoms with Crippen LogP contribution in [0.25, 0.3) is 5.65 Å². The summed E-state index contributed by atoms with van der Waals surface area (Å²) < 4.78 is 3.03. The molecular weight excluding hydrogens is 304 g/mol. The lowest BCUT2D eigenvalue weighted by Crippen LogP contribution is -1.98. The van der Waals surface area contributed by atoms with Gasteiger partial charge in [0.25, 0.3) is 0 Å². The monoisotopic (exact) mass is 316 g/mol. The molecule has 3 rings (SSSR count). The second kappa shape index (κ2) is 5.01. The Morgan fingerprint density at radius 2 is 2.00 bits per heavy atom. The van der Waals surface area contributed by atoms with Crippen LogP contribution in [0.15, 0.2) is 47.1 Å². The van der Waals surface area contributed by atoms with Crippen LogP contribution in [0.4, 0.5) is 5.69 Å². The summed E-state index contributed by atoms with van der Waals surface area (Å²) in [7, 11) is 0. The Bertz CT molecular complexity index is 720. The molecule has 3 aromatic rings. The molecule has 5 heteroatoms. The van der Waals surface area contributed by atoms with Gasteiger partial charge in [0.05, 0.1) is 0 Å². The van der Waals surface area contributed by atoms with Gasteiger partial charge in [-0.05, 0) is 52.2 Å². The van der Waals surface area contributed by atoms with Gasteiger partial charge in [0.2, 0.25) is 0 Å². The second-order valence-corrected chi connectivity index (χ2v) is 5.35. The molecule has 2 N–H and O–H groups in total. The van der Waals surface area contributed by atoms with E-state index < -0.39 is 0 Å². The summed E-state index contributed by atoms with van der Waals surface area (Å²) in [4.78, 5) is 0. The van der Waals surface area contributed by atoms with E-state index in [0.717, 1.165) is 34.5 Å². The number of rotatable bonds is 3. The lowest BCUT2D eigenvalue weighted by Gasteiger charge is -2.02. The number of nitrogens with two attached hydrogens (primary N) is 1. The van der Waals surface area contributed by atoms with Gasteiger partial charge < -0.3 is 5.73 Å². The molecule has 0 aliphatic rings. The number of fused-ring (bicyclic) bond motifs is 1. The Morgan fingerprint density at radius 3 is 2.84 bits per heavy atom. The van der Waals surface area contributed by atoms with E-state index in [9.17, 15) is 0 Å². The van der Waals surface area contributed by atoms with Crippen molar-refractivity contribution in [2.45, 2.75) is 12.8 Å². The number of halogens is 1. The van der Waals surface area contributed by atoms with Crippen LogP contribution < -0.4 is 5.73 Å². The van der Waals surface area contributed by atoms with Crippen molar-refractivity contribution < 1.29 is 0 Å². The van der Waals surface area contributed by atoms with Crippen molar-refractivity contribution in [3.8, 4) is 0 Å². The lowest BCUT2D eigenvalue weighted by molar-refractivity contribution is 0.838. The first-order chi connectivity index (χ1) is 9.22. The number of benzene rings is 1. The summed E-state index contributed by atoms with van der Waals surface area (Å²) in [5.74, 6) is 0.957. The van der Waals surface area contributed by atoms with Crippen LogP contribution in [0.3, 0.4) is 0 Å². The highest BCUT2D eigenvalue weighted by Gasteiger charge is 2.06. The zero-order chi connectivity index (χ0) is 13.2. The number of nitrogen functional groups attached to an aromatic ring is 1. The van der Waals surface area contributed by atoms with E-state index >= 15 is 0 Å². The smallest absolute Gasteiger partial charge is 0.160 e. The number of nitrogens with zero attached hydrogens (tertiary/aromatic N) is 3. The van der Waals surface area contributed by atoms with Gasteiger partial charge in [0, 0.05) is 22.8 Å². The third-order valence-electron chi connectivity index (χ3n) is 3.03. The summed E-state index contributed by atoms with van der Waals surface area (Å²) in [5, 5.41) is 8.39. The molecule has 0 spiro atoms. The zero-order valence-corrected chi connectivity index (χ0v) is 11.8. The van der Waals surface area contributed by atoms with Crippen molar-refractivity contribution in [2.24, 2.45) is 0 Å². The number of aryl methyl sites for hydroxylation is 2. The van der Waals surface area contributed by atoms with E-state index in [0.29, 0.717) is 0 Å². The summed E-state index contributed by atoms with van der Waals surface area (Å²) in [5.41, 5.74) is 8.66. The van der Waals surface area contributed by atoms with Gasteiger partial charge in [-0.2, -0.15) is 0 Å². The third kappa shape index (κ3) is 2.61. The number of hydrogen-bond donors (Lipinski definition) is 1. The van der Waals surface area contributed by atoms with Crippen molar-refractivity contribution in [1.82, 2.24) is 14.6 Å². The Hall–Kier alpha value is -1.88. The molecule has 0 amide bonds. The third-order valence-corrected chi connectivity index (χ3v) is 3.49. The fraction of sp³-hybridized carbons (Fsp3) is 0.143. The molecule has 0 aliphatic heterocycles. The van der Waals surface area contributed by atoms with Crippen molar-refractivity contribution >= 4 is 27.3 Å². The summed E-state index contributed by atoms with van der Waals surface area (Å²) in [6.07, 6.45) is 3.73. The molecule has 1 aromatic carbocycles. The summed E-state index contributed by atoms with van der Waals surface area (Å²) in [6.45, 7) is 0. The quantitative estimate of drug-likeness (QED) is 0.756. The largest absolute Gasteiger partial charge is 0.399 e. The fourth-order valence-electron chi connectivity index (χ4n) is 2.09. The molecule has 4 nitrogen and oxygen atoms in total. The minimum Gasteiger partial charge on any atom is -0.399 e. The molecule has 0 aliphatic carbocycles. The van der Waals surface area contributed by atoms with Gasteiger partial charge in [-0.1, -0.05) is 12.1 Å². The van der Waals surface area contributed by atoms with Crippen LogP contribution in [-0.2, 0) is 12.8 Å². The van der Waals surface area contributed by atoms with E-state index in [1.54, 1.807) is 0 Å². The first kappa shape index (κ1) is 12.2. The predicted molar refractivity (Wildman–Crippen MR) is 78.9 cm³/mol. The molecule has 0 radical (unpaired) electrons. The van der Waals surface area contributed by atoms with Crippen molar-refractivity contribution in [3.63, 3.8) is 0 Å². The minimum atomic E-state index is 0.798. The number of pyridine rings is 1. The van der Waals surface area contributed by atoms with Crippen molar-refractivity contribution in [3.05, 3.63) is 58.5 Å². The molecule has 0 atom stereocenters. The van der Waals surface area contributed by atoms with Crippen molar-refractivity contribution in [2.75, 3.05) is 5.73 Å². The Kier molecular flexibility index (Phi) is 3.21. The first-order valence-corrected chi connectivity index (χ1v) is 6.85. The van der Waals surface area contributed by atoms with Crippen LogP contribution in [0.1, 0.15) is 11.4 Å². The molecule has 2 heterocycles. The van der Waals surface area contributed by atoms with Crippen LogP contribution in [0.5, 0.6) is 0 Å². The Labute approximate surface area is 119 Å². The number of aromatic nitrogens is 3. The van der Waals surface area contributed by atoms with Gasteiger partial charge in [-0.15, -0.1) is 10.2 Å². The molecule has 0 unspecified atom stereocenters. The van der Waals surface area contributed by atoms with Crippen LogP contribution >= 0.6 is 15.9 Å². The molecular formula is C14H13BrN4. The van der Waals surface area contributed by atoms with Crippen LogP contribution in [0.2, 0.25) is 0 Å². The van der Waals surface area contributed by atoms with E-state index in [1.807, 2.05) is 40.9 Å². The van der Waals surface area contributed by atoms with Crippen LogP contribution in [-0.4, -0.2) is 14.6 Å². The SMILES string of the molecule is Nc1cccc(CCc2nnc3ccc(Br)cn23)c1. The van der Waals surface area contributed by atoms with Crippen molar-refractivity contribution in [1.29, 1.82) is 0 Å². The predicted octanol–water partition coefficient (Wildman–Crippen LogP) is 2.86. The normalized spacial score (nSPS) is 11.0. The van der Waals surface area contributed by atoms with Gasteiger partial charge >= 0.3 is 0 Å². The Balaban J connectivity index is 1.84. The van der Waals surface area contributed by atoms with Crippen LogP contribution in [0, 0.1) is 0 Å². The summed E-state index contributed by atoms with van der Waals surface area (Å²) in [6, 6.07) is 11.9. The molecule has 96 valence electrons. The molecule has 0 saturated heterocycles. The average Bonchev–Trinajstić information content (AvgIpc) is 2.79. The number of hydrogen-bond acceptors (Lipinski definition) is 3. The highest BCUT2D eigenvalue weighted by atomic mass is 79.9. The molecule has 0 bridgehead atoms. The second-order valence-electron chi connectivity index (χ2n) is 4.44. The minimum absolute atomic E-state index is 0.798. The molecule has 19 heavy (non-hydrogen) atoms. The average molecular weight is 317 g/mol. The highest BCUT2D eigenvalue weighted by Crippen LogP contribution is 2.14. The van der Waals surface area contributed by atoms with Gasteiger partial charge in [0.15, 0.2) is 5.65 Å².